The number of benzene rings is 1. The van der Waals surface area contributed by atoms with Crippen molar-refractivity contribution in [3.63, 3.8) is 0 Å². The summed E-state index contributed by atoms with van der Waals surface area (Å²) in [6, 6.07) is 11.5. The number of nitrogens with zero attached hydrogens (tertiary/aromatic N) is 1. The van der Waals surface area contributed by atoms with Crippen molar-refractivity contribution >= 4 is 5.82 Å². The first-order valence-corrected chi connectivity index (χ1v) is 8.27. The molecule has 0 fully saturated rings. The van der Waals surface area contributed by atoms with E-state index in [1.807, 2.05) is 56.3 Å². The van der Waals surface area contributed by atoms with E-state index in [-0.39, 0.29) is 6.29 Å². The maximum atomic E-state index is 5.84. The molecule has 130 valence electrons. The molecule has 5 heteroatoms. The Kier molecular flexibility index (Phi) is 4.93. The summed E-state index contributed by atoms with van der Waals surface area (Å²) in [7, 11) is 0. The summed E-state index contributed by atoms with van der Waals surface area (Å²) in [4.78, 5) is 4.31. The van der Waals surface area contributed by atoms with E-state index < -0.39 is 0 Å². The number of aryl methyl sites for hydroxylation is 2. The number of hydrogen-bond acceptors (Lipinski definition) is 5. The van der Waals surface area contributed by atoms with Crippen LogP contribution in [0.4, 0.5) is 5.82 Å². The number of nitrogens with two attached hydrogens (primary N) is 1. The van der Waals surface area contributed by atoms with E-state index in [4.69, 9.17) is 15.2 Å². The van der Waals surface area contributed by atoms with Crippen LogP contribution in [0.15, 0.2) is 60.5 Å². The number of ether oxygens (including phenoxy) is 2. The van der Waals surface area contributed by atoms with Crippen LogP contribution in [0, 0.1) is 13.8 Å². The second-order valence-electron chi connectivity index (χ2n) is 6.04. The molecule has 0 amide bonds. The van der Waals surface area contributed by atoms with Crippen LogP contribution in [0.5, 0.6) is 5.75 Å². The highest BCUT2D eigenvalue weighted by atomic mass is 16.7. The molecule has 1 aromatic carbocycles. The van der Waals surface area contributed by atoms with Gasteiger partial charge in [-0.05, 0) is 49.2 Å². The lowest BCUT2D eigenvalue weighted by Crippen LogP contribution is -2.19. The minimum absolute atomic E-state index is 0.322. The Bertz CT molecular complexity index is 777. The normalized spacial score (nSPS) is 16.1. The van der Waals surface area contributed by atoms with Gasteiger partial charge in [0.25, 0.3) is 0 Å². The van der Waals surface area contributed by atoms with Gasteiger partial charge < -0.3 is 20.5 Å². The molecule has 5 nitrogen and oxygen atoms in total. The number of anilines is 1. The van der Waals surface area contributed by atoms with Gasteiger partial charge in [-0.25, -0.2) is 4.98 Å². The van der Waals surface area contributed by atoms with Gasteiger partial charge in [0.05, 0.1) is 5.70 Å². The molecule has 2 aromatic rings. The summed E-state index contributed by atoms with van der Waals surface area (Å²) in [5.74, 6) is 2.06. The maximum Gasteiger partial charge on any atom is 0.244 e. The molecule has 0 saturated carbocycles. The topological polar surface area (TPSA) is 69.4 Å². The average Bonchev–Trinajstić information content (AvgIpc) is 3.03. The fourth-order valence-corrected chi connectivity index (χ4v) is 2.80. The Hall–Kier alpha value is -2.95. The molecule has 2 heterocycles. The van der Waals surface area contributed by atoms with Crippen LogP contribution >= 0.6 is 0 Å². The van der Waals surface area contributed by atoms with Crippen LogP contribution in [0.2, 0.25) is 0 Å². The zero-order valence-corrected chi connectivity index (χ0v) is 14.6. The Morgan fingerprint density at radius 3 is 2.84 bits per heavy atom. The van der Waals surface area contributed by atoms with Crippen LogP contribution in [-0.2, 0) is 11.3 Å². The van der Waals surface area contributed by atoms with Crippen molar-refractivity contribution in [1.29, 1.82) is 0 Å². The fourth-order valence-electron chi connectivity index (χ4n) is 2.80. The van der Waals surface area contributed by atoms with Crippen LogP contribution in [0.3, 0.4) is 0 Å². The van der Waals surface area contributed by atoms with Gasteiger partial charge in [0.15, 0.2) is 0 Å². The third kappa shape index (κ3) is 4.12. The summed E-state index contributed by atoms with van der Waals surface area (Å²) < 4.78 is 11.6. The molecular weight excluding hydrogens is 314 g/mol. The summed E-state index contributed by atoms with van der Waals surface area (Å²) >= 11 is 0. The van der Waals surface area contributed by atoms with E-state index in [1.54, 1.807) is 0 Å². The molecule has 0 saturated heterocycles. The monoisotopic (exact) mass is 337 g/mol. The molecule has 0 aliphatic carbocycles. The molecule has 3 N–H and O–H groups in total. The predicted octanol–water partition coefficient (Wildman–Crippen LogP) is 3.59. The highest BCUT2D eigenvalue weighted by Gasteiger charge is 2.21. The fraction of sp³-hybridized carbons (Fsp3) is 0.250. The van der Waals surface area contributed by atoms with Crippen LogP contribution in [0.1, 0.15) is 23.2 Å². The number of para-hydroxylation sites is 1. The molecule has 25 heavy (non-hydrogen) atoms. The van der Waals surface area contributed by atoms with E-state index in [2.05, 4.69) is 16.9 Å². The molecule has 1 atom stereocenters. The molecule has 0 bridgehead atoms. The Morgan fingerprint density at radius 2 is 2.12 bits per heavy atom. The van der Waals surface area contributed by atoms with E-state index in [9.17, 15) is 0 Å². The molecule has 0 spiro atoms. The average molecular weight is 337 g/mol. The molecule has 1 aromatic heterocycles. The molecule has 1 aliphatic rings. The van der Waals surface area contributed by atoms with Crippen molar-refractivity contribution in [2.75, 3.05) is 5.73 Å². The third-order valence-corrected chi connectivity index (χ3v) is 4.11. The molecular formula is C20H23N3O2. The lowest BCUT2D eigenvalue weighted by Gasteiger charge is -2.18. The van der Waals surface area contributed by atoms with Gasteiger partial charge >= 0.3 is 0 Å². The molecule has 1 unspecified atom stereocenters. The standard InChI is InChI=1S/C20H23N3O2/c1-13-11-19(21)23-14(2)17(13)12-22-15(3)18-9-10-20(25-18)24-16-7-5-4-6-8-16/h4-9,11,20,22H,3,10,12H2,1-2H3,(H2,21,23). The second-order valence-corrected chi connectivity index (χ2v) is 6.04. The lowest BCUT2D eigenvalue weighted by atomic mass is 10.1. The lowest BCUT2D eigenvalue weighted by molar-refractivity contribution is -0.0216. The van der Waals surface area contributed by atoms with Crippen molar-refractivity contribution in [3.05, 3.63) is 77.3 Å². The van der Waals surface area contributed by atoms with E-state index in [0.29, 0.717) is 18.8 Å². The first-order valence-electron chi connectivity index (χ1n) is 8.27. The van der Waals surface area contributed by atoms with Gasteiger partial charge in [-0.3, -0.25) is 0 Å². The van der Waals surface area contributed by atoms with Crippen LogP contribution in [0.25, 0.3) is 0 Å². The van der Waals surface area contributed by atoms with Gasteiger partial charge in [0, 0.05) is 18.7 Å². The summed E-state index contributed by atoms with van der Waals surface area (Å²) in [6.45, 7) is 8.67. The molecule has 1 aliphatic heterocycles. The highest BCUT2D eigenvalue weighted by molar-refractivity contribution is 5.40. The first kappa shape index (κ1) is 16.9. The zero-order chi connectivity index (χ0) is 17.8. The summed E-state index contributed by atoms with van der Waals surface area (Å²) in [5.41, 5.74) is 9.65. The maximum absolute atomic E-state index is 5.84. The van der Waals surface area contributed by atoms with E-state index in [1.165, 1.54) is 0 Å². The molecule has 0 radical (unpaired) electrons. The van der Waals surface area contributed by atoms with Crippen molar-refractivity contribution < 1.29 is 9.47 Å². The number of hydrogen-bond donors (Lipinski definition) is 2. The van der Waals surface area contributed by atoms with E-state index in [0.717, 1.165) is 34.0 Å². The SMILES string of the molecule is C=C(NCc1c(C)cc(N)nc1C)C1=CCC(Oc2ccccc2)O1. The number of pyridine rings is 1. The Labute approximate surface area is 148 Å². The van der Waals surface area contributed by atoms with Gasteiger partial charge in [-0.2, -0.15) is 0 Å². The predicted molar refractivity (Wildman–Crippen MR) is 98.7 cm³/mol. The number of rotatable bonds is 6. The van der Waals surface area contributed by atoms with Crippen LogP contribution < -0.4 is 15.8 Å². The van der Waals surface area contributed by atoms with E-state index >= 15 is 0 Å². The number of nitrogens with one attached hydrogen (secondary N) is 1. The zero-order valence-electron chi connectivity index (χ0n) is 14.6. The smallest absolute Gasteiger partial charge is 0.244 e. The second kappa shape index (κ2) is 7.30. The molecule has 3 rings (SSSR count). The third-order valence-electron chi connectivity index (χ3n) is 4.11. The van der Waals surface area contributed by atoms with Gasteiger partial charge in [-0.1, -0.05) is 24.8 Å². The summed E-state index contributed by atoms with van der Waals surface area (Å²) in [6.07, 6.45) is 2.36. The highest BCUT2D eigenvalue weighted by Crippen LogP contribution is 2.24. The van der Waals surface area contributed by atoms with Gasteiger partial charge in [-0.15, -0.1) is 0 Å². The van der Waals surface area contributed by atoms with Crippen molar-refractivity contribution in [1.82, 2.24) is 10.3 Å². The number of aromatic nitrogens is 1. The Balaban J connectivity index is 1.54. The van der Waals surface area contributed by atoms with Gasteiger partial charge in [0.1, 0.15) is 17.3 Å². The largest absolute Gasteiger partial charge is 0.455 e. The Morgan fingerprint density at radius 1 is 1.36 bits per heavy atom. The summed E-state index contributed by atoms with van der Waals surface area (Å²) in [5, 5.41) is 3.30. The quantitative estimate of drug-likeness (QED) is 0.843. The number of nitrogen functional groups attached to an aromatic ring is 1. The minimum Gasteiger partial charge on any atom is -0.455 e. The van der Waals surface area contributed by atoms with Crippen molar-refractivity contribution in [2.45, 2.75) is 33.1 Å². The van der Waals surface area contributed by atoms with Crippen molar-refractivity contribution in [3.8, 4) is 5.75 Å². The van der Waals surface area contributed by atoms with Crippen molar-refractivity contribution in [2.24, 2.45) is 0 Å². The van der Waals surface area contributed by atoms with Gasteiger partial charge in [0.2, 0.25) is 6.29 Å². The van der Waals surface area contributed by atoms with Crippen LogP contribution in [-0.4, -0.2) is 11.3 Å². The first-order chi connectivity index (χ1) is 12.0. The minimum atomic E-state index is -0.322.